The van der Waals surface area contributed by atoms with Gasteiger partial charge in [-0.3, -0.25) is 9.69 Å². The highest BCUT2D eigenvalue weighted by Crippen LogP contribution is 2.59. The molecule has 4 heteroatoms. The maximum atomic E-state index is 12.7. The highest BCUT2D eigenvalue weighted by Gasteiger charge is 2.51. The first-order valence-electron chi connectivity index (χ1n) is 9.80. The molecule has 0 spiro atoms. The van der Waals surface area contributed by atoms with Crippen LogP contribution in [0.25, 0.3) is 0 Å². The zero-order valence-corrected chi connectivity index (χ0v) is 16.0. The van der Waals surface area contributed by atoms with E-state index in [9.17, 15) is 4.79 Å². The number of hydrogen-bond acceptors (Lipinski definition) is 3. The average Bonchev–Trinajstić information content (AvgIpc) is 2.58. The molecule has 4 aliphatic rings. The Bertz CT molecular complexity index is 491. The standard InChI is InChI=1S/C20H35N3O/c1-15(2)19(24)23(12-11-22-9-7-21-8-10-22)14-16-5-6-17-13-18(16)20(17,3)4/h5,15,17-18,21H,6-14H2,1-4H3. The van der Waals surface area contributed by atoms with E-state index in [2.05, 4.69) is 35.0 Å². The first-order valence-corrected chi connectivity index (χ1v) is 9.80. The van der Waals surface area contributed by atoms with E-state index in [1.54, 1.807) is 0 Å². The smallest absolute Gasteiger partial charge is 0.225 e. The topological polar surface area (TPSA) is 35.6 Å². The first kappa shape index (κ1) is 17.9. The number of nitrogens with zero attached hydrogens (tertiary/aromatic N) is 2. The van der Waals surface area contributed by atoms with Gasteiger partial charge in [-0.15, -0.1) is 0 Å². The van der Waals surface area contributed by atoms with Gasteiger partial charge in [0.1, 0.15) is 0 Å². The predicted molar refractivity (Wildman–Crippen MR) is 98.8 cm³/mol. The number of nitrogens with one attached hydrogen (secondary N) is 1. The van der Waals surface area contributed by atoms with Gasteiger partial charge >= 0.3 is 0 Å². The second-order valence-electron chi connectivity index (χ2n) is 8.83. The van der Waals surface area contributed by atoms with E-state index >= 15 is 0 Å². The fraction of sp³-hybridized carbons (Fsp3) is 0.850. The summed E-state index contributed by atoms with van der Waals surface area (Å²) in [5, 5.41) is 3.40. The summed E-state index contributed by atoms with van der Waals surface area (Å²) < 4.78 is 0. The van der Waals surface area contributed by atoms with Gasteiger partial charge in [0.2, 0.25) is 5.91 Å². The zero-order valence-electron chi connectivity index (χ0n) is 16.0. The summed E-state index contributed by atoms with van der Waals surface area (Å²) in [4.78, 5) is 17.4. The molecular formula is C20H35N3O. The zero-order chi connectivity index (χ0) is 17.3. The van der Waals surface area contributed by atoms with Gasteiger partial charge < -0.3 is 10.2 Å². The molecule has 1 N–H and O–H groups in total. The molecule has 1 heterocycles. The van der Waals surface area contributed by atoms with Gasteiger partial charge in [0.25, 0.3) is 0 Å². The minimum Gasteiger partial charge on any atom is -0.337 e. The lowest BCUT2D eigenvalue weighted by Crippen LogP contribution is -2.51. The van der Waals surface area contributed by atoms with Crippen molar-refractivity contribution in [3.05, 3.63) is 11.6 Å². The Labute approximate surface area is 147 Å². The van der Waals surface area contributed by atoms with Crippen LogP contribution in [0, 0.1) is 23.2 Å². The van der Waals surface area contributed by atoms with Crippen LogP contribution in [0.5, 0.6) is 0 Å². The molecule has 0 aromatic heterocycles. The Morgan fingerprint density at radius 2 is 2.08 bits per heavy atom. The largest absolute Gasteiger partial charge is 0.337 e. The van der Waals surface area contributed by atoms with Crippen LogP contribution in [0.1, 0.15) is 40.5 Å². The number of fused-ring (bicyclic) bond motifs is 1. The molecule has 0 aromatic carbocycles. The summed E-state index contributed by atoms with van der Waals surface area (Å²) >= 11 is 0. The van der Waals surface area contributed by atoms with Crippen molar-refractivity contribution in [2.75, 3.05) is 45.8 Å². The number of allylic oxidation sites excluding steroid dienone is 1. The SMILES string of the molecule is CC(C)C(=O)N(CCN1CCNCC1)CC1=CCC2CC1C2(C)C. The third-order valence-electron chi connectivity index (χ3n) is 6.66. The predicted octanol–water partition coefficient (Wildman–Crippen LogP) is 2.37. The molecule has 1 amide bonds. The molecule has 4 nitrogen and oxygen atoms in total. The molecule has 2 atom stereocenters. The molecule has 4 rings (SSSR count). The molecule has 1 saturated heterocycles. The highest BCUT2D eigenvalue weighted by atomic mass is 16.2. The molecule has 0 aromatic rings. The van der Waals surface area contributed by atoms with Gasteiger partial charge in [-0.2, -0.15) is 0 Å². The third-order valence-corrected chi connectivity index (χ3v) is 6.66. The van der Waals surface area contributed by atoms with Crippen molar-refractivity contribution in [3.63, 3.8) is 0 Å². The van der Waals surface area contributed by atoms with E-state index in [0.29, 0.717) is 17.2 Å². The van der Waals surface area contributed by atoms with Crippen LogP contribution >= 0.6 is 0 Å². The van der Waals surface area contributed by atoms with Crippen LogP contribution in [0.15, 0.2) is 11.6 Å². The quantitative estimate of drug-likeness (QED) is 0.758. The summed E-state index contributed by atoms with van der Waals surface area (Å²) in [6.45, 7) is 15.9. The van der Waals surface area contributed by atoms with Crippen LogP contribution in [0.2, 0.25) is 0 Å². The van der Waals surface area contributed by atoms with Gasteiger partial charge in [-0.05, 0) is 30.1 Å². The molecule has 1 aliphatic heterocycles. The van der Waals surface area contributed by atoms with E-state index < -0.39 is 0 Å². The van der Waals surface area contributed by atoms with Gasteiger partial charge in [0.15, 0.2) is 0 Å². The van der Waals surface area contributed by atoms with Crippen LogP contribution in [-0.4, -0.2) is 61.5 Å². The number of hydrogen-bond donors (Lipinski definition) is 1. The Morgan fingerprint density at radius 1 is 1.38 bits per heavy atom. The van der Waals surface area contributed by atoms with Crippen molar-refractivity contribution in [1.82, 2.24) is 15.1 Å². The molecular weight excluding hydrogens is 298 g/mol. The number of rotatable bonds is 6. The Morgan fingerprint density at radius 3 is 2.67 bits per heavy atom. The molecule has 2 unspecified atom stereocenters. The van der Waals surface area contributed by atoms with Crippen molar-refractivity contribution in [1.29, 1.82) is 0 Å². The summed E-state index contributed by atoms with van der Waals surface area (Å²) in [7, 11) is 0. The van der Waals surface area contributed by atoms with Crippen molar-refractivity contribution >= 4 is 5.91 Å². The fourth-order valence-corrected chi connectivity index (χ4v) is 4.71. The average molecular weight is 334 g/mol. The van der Waals surface area contributed by atoms with E-state index in [4.69, 9.17) is 0 Å². The lowest BCUT2D eigenvalue weighted by Gasteiger charge is -2.57. The number of carbonyl (C=O) groups excluding carboxylic acids is 1. The number of piperazine rings is 1. The molecule has 136 valence electrons. The lowest BCUT2D eigenvalue weighted by molar-refractivity contribution is -0.134. The van der Waals surface area contributed by atoms with Crippen molar-refractivity contribution < 1.29 is 4.79 Å². The molecule has 3 aliphatic carbocycles. The van der Waals surface area contributed by atoms with E-state index in [1.165, 1.54) is 18.4 Å². The Kier molecular flexibility index (Phi) is 5.36. The molecule has 2 bridgehead atoms. The maximum Gasteiger partial charge on any atom is 0.225 e. The van der Waals surface area contributed by atoms with Crippen molar-refractivity contribution in [2.45, 2.75) is 40.5 Å². The Hall–Kier alpha value is -0.870. The van der Waals surface area contributed by atoms with Crippen LogP contribution < -0.4 is 5.32 Å². The first-order chi connectivity index (χ1) is 11.4. The number of carbonyl (C=O) groups is 1. The second kappa shape index (κ2) is 7.17. The van der Waals surface area contributed by atoms with E-state index in [-0.39, 0.29) is 5.92 Å². The van der Waals surface area contributed by atoms with E-state index in [0.717, 1.165) is 51.7 Å². The summed E-state index contributed by atoms with van der Waals surface area (Å²) in [5.74, 6) is 1.95. The van der Waals surface area contributed by atoms with Crippen molar-refractivity contribution in [3.8, 4) is 0 Å². The molecule has 1 saturated carbocycles. The lowest BCUT2D eigenvalue weighted by atomic mass is 9.49. The van der Waals surface area contributed by atoms with Gasteiger partial charge in [0.05, 0.1) is 0 Å². The number of amides is 1. The van der Waals surface area contributed by atoms with Crippen LogP contribution in [0.4, 0.5) is 0 Å². The fourth-order valence-electron chi connectivity index (χ4n) is 4.71. The van der Waals surface area contributed by atoms with Crippen LogP contribution in [0.3, 0.4) is 0 Å². The van der Waals surface area contributed by atoms with Gasteiger partial charge in [-0.25, -0.2) is 0 Å². The van der Waals surface area contributed by atoms with Crippen LogP contribution in [-0.2, 0) is 4.79 Å². The summed E-state index contributed by atoms with van der Waals surface area (Å²) in [6, 6.07) is 0. The van der Waals surface area contributed by atoms with E-state index in [1.807, 2.05) is 13.8 Å². The van der Waals surface area contributed by atoms with Gasteiger partial charge in [-0.1, -0.05) is 39.3 Å². The summed E-state index contributed by atoms with van der Waals surface area (Å²) in [5.41, 5.74) is 1.96. The minimum absolute atomic E-state index is 0.0827. The second-order valence-corrected chi connectivity index (χ2v) is 8.83. The maximum absolute atomic E-state index is 12.7. The molecule has 2 fully saturated rings. The minimum atomic E-state index is 0.0827. The van der Waals surface area contributed by atoms with Crippen molar-refractivity contribution in [2.24, 2.45) is 23.2 Å². The molecule has 24 heavy (non-hydrogen) atoms. The Balaban J connectivity index is 1.62. The third kappa shape index (κ3) is 3.55. The normalized spacial score (nSPS) is 29.1. The molecule has 0 radical (unpaired) electrons. The summed E-state index contributed by atoms with van der Waals surface area (Å²) in [6.07, 6.45) is 4.98. The monoisotopic (exact) mass is 333 g/mol. The highest BCUT2D eigenvalue weighted by molar-refractivity contribution is 5.78. The van der Waals surface area contributed by atoms with Gasteiger partial charge in [0, 0.05) is 51.7 Å².